The van der Waals surface area contributed by atoms with Gasteiger partial charge in [0.25, 0.3) is 0 Å². The van der Waals surface area contributed by atoms with E-state index in [4.69, 9.17) is 34.8 Å². The van der Waals surface area contributed by atoms with Crippen LogP contribution in [0.25, 0.3) is 0 Å². The predicted molar refractivity (Wildman–Crippen MR) is 103 cm³/mol. The number of hydrogen-bond donors (Lipinski definition) is 1. The summed E-state index contributed by atoms with van der Waals surface area (Å²) in [5, 5.41) is 5.72. The first-order valence-electron chi connectivity index (χ1n) is 6.78. The van der Waals surface area contributed by atoms with Crippen molar-refractivity contribution < 1.29 is 0 Å². The molecule has 0 aliphatic rings. The topological polar surface area (TPSA) is 37.3 Å². The van der Waals surface area contributed by atoms with Gasteiger partial charge in [-0.05, 0) is 45.1 Å². The minimum atomic E-state index is -0.0149. The Kier molecular flexibility index (Phi) is 5.95. The van der Waals surface area contributed by atoms with Gasteiger partial charge in [0.1, 0.15) is 0 Å². The van der Waals surface area contributed by atoms with E-state index in [1.807, 2.05) is 6.07 Å². The molecule has 2 rings (SSSR count). The highest BCUT2D eigenvalue weighted by atomic mass is 79.9. The molecule has 0 saturated heterocycles. The smallest absolute Gasteiger partial charge is 0.165 e. The zero-order chi connectivity index (χ0) is 17.2. The van der Waals surface area contributed by atoms with E-state index < -0.39 is 0 Å². The van der Waals surface area contributed by atoms with E-state index in [0.717, 1.165) is 5.56 Å². The SMILES string of the molecule is CC(C)(C)c1cnc(N/N=C/c2cc(Cl)cc(Br)c2Cl)c(Cl)c1. The number of pyridine rings is 1. The number of rotatable bonds is 3. The normalized spacial score (nSPS) is 12.0. The lowest BCUT2D eigenvalue weighted by atomic mass is 9.88. The van der Waals surface area contributed by atoms with Crippen LogP contribution in [0.4, 0.5) is 5.82 Å². The maximum Gasteiger partial charge on any atom is 0.165 e. The summed E-state index contributed by atoms with van der Waals surface area (Å²) in [6.45, 7) is 6.31. The van der Waals surface area contributed by atoms with Crippen molar-refractivity contribution in [2.24, 2.45) is 5.10 Å². The second-order valence-corrected chi connectivity index (χ2v) is 8.04. The van der Waals surface area contributed by atoms with E-state index in [2.05, 4.69) is 52.2 Å². The molecule has 0 bridgehead atoms. The number of anilines is 1. The molecule has 1 heterocycles. The van der Waals surface area contributed by atoms with Crippen LogP contribution in [-0.4, -0.2) is 11.2 Å². The molecule has 0 radical (unpaired) electrons. The highest BCUT2D eigenvalue weighted by molar-refractivity contribution is 9.10. The fourth-order valence-electron chi connectivity index (χ4n) is 1.76. The Hall–Kier alpha value is -0.810. The Morgan fingerprint density at radius 2 is 1.87 bits per heavy atom. The number of benzene rings is 1. The fraction of sp³-hybridized carbons (Fsp3) is 0.250. The molecule has 1 aromatic carbocycles. The van der Waals surface area contributed by atoms with E-state index in [0.29, 0.717) is 30.9 Å². The molecule has 7 heteroatoms. The van der Waals surface area contributed by atoms with E-state index in [-0.39, 0.29) is 5.41 Å². The van der Waals surface area contributed by atoms with Gasteiger partial charge in [-0.15, -0.1) is 0 Å². The Labute approximate surface area is 159 Å². The summed E-state index contributed by atoms with van der Waals surface area (Å²) in [4.78, 5) is 4.31. The fourth-order valence-corrected chi connectivity index (χ4v) is 2.96. The zero-order valence-electron chi connectivity index (χ0n) is 12.8. The zero-order valence-corrected chi connectivity index (χ0v) is 16.6. The van der Waals surface area contributed by atoms with Gasteiger partial charge in [-0.1, -0.05) is 55.6 Å². The van der Waals surface area contributed by atoms with Crippen LogP contribution in [0.1, 0.15) is 31.9 Å². The van der Waals surface area contributed by atoms with Gasteiger partial charge in [0, 0.05) is 21.3 Å². The molecule has 0 unspecified atom stereocenters. The van der Waals surface area contributed by atoms with E-state index >= 15 is 0 Å². The van der Waals surface area contributed by atoms with Gasteiger partial charge in [0.15, 0.2) is 5.82 Å². The Morgan fingerprint density at radius 3 is 2.48 bits per heavy atom. The number of aromatic nitrogens is 1. The van der Waals surface area contributed by atoms with E-state index in [9.17, 15) is 0 Å². The van der Waals surface area contributed by atoms with Gasteiger partial charge in [-0.25, -0.2) is 4.98 Å². The van der Waals surface area contributed by atoms with Crippen LogP contribution in [0.2, 0.25) is 15.1 Å². The van der Waals surface area contributed by atoms with Crippen molar-refractivity contribution in [2.75, 3.05) is 5.43 Å². The molecule has 3 nitrogen and oxygen atoms in total. The van der Waals surface area contributed by atoms with Crippen LogP contribution in [0.5, 0.6) is 0 Å². The minimum Gasteiger partial charge on any atom is -0.260 e. The first-order chi connectivity index (χ1) is 10.7. The summed E-state index contributed by atoms with van der Waals surface area (Å²) in [5.74, 6) is 0.480. The van der Waals surface area contributed by atoms with Crippen molar-refractivity contribution in [1.82, 2.24) is 4.98 Å². The van der Waals surface area contributed by atoms with Crippen molar-refractivity contribution in [2.45, 2.75) is 26.2 Å². The molecule has 2 aromatic rings. The van der Waals surface area contributed by atoms with Gasteiger partial charge in [0.2, 0.25) is 0 Å². The molecule has 1 aromatic heterocycles. The lowest BCUT2D eigenvalue weighted by Crippen LogP contribution is -2.11. The third kappa shape index (κ3) is 4.83. The summed E-state index contributed by atoms with van der Waals surface area (Å²) in [6, 6.07) is 5.32. The van der Waals surface area contributed by atoms with Gasteiger partial charge in [-0.2, -0.15) is 5.10 Å². The summed E-state index contributed by atoms with van der Waals surface area (Å²) >= 11 is 21.8. The first kappa shape index (κ1) is 18.5. The molecule has 0 spiro atoms. The van der Waals surface area contributed by atoms with Crippen molar-refractivity contribution in [3.63, 3.8) is 0 Å². The van der Waals surface area contributed by atoms with Gasteiger partial charge >= 0.3 is 0 Å². The highest BCUT2D eigenvalue weighted by Crippen LogP contribution is 2.30. The lowest BCUT2D eigenvalue weighted by Gasteiger charge is -2.19. The molecule has 0 fully saturated rings. The molecule has 0 saturated carbocycles. The summed E-state index contributed by atoms with van der Waals surface area (Å²) in [7, 11) is 0. The van der Waals surface area contributed by atoms with Crippen LogP contribution in [0.3, 0.4) is 0 Å². The molecule has 0 atom stereocenters. The summed E-state index contributed by atoms with van der Waals surface area (Å²) in [6.07, 6.45) is 3.35. The first-order valence-corrected chi connectivity index (χ1v) is 8.71. The van der Waals surface area contributed by atoms with E-state index in [1.54, 1.807) is 24.5 Å². The average Bonchev–Trinajstić information content (AvgIpc) is 2.44. The third-order valence-corrected chi connectivity index (χ3v) is 4.88. The van der Waals surface area contributed by atoms with Crippen molar-refractivity contribution in [1.29, 1.82) is 0 Å². The van der Waals surface area contributed by atoms with Crippen LogP contribution in [0.15, 0.2) is 34.0 Å². The predicted octanol–water partition coefficient (Wildman–Crippen LogP) is 6.55. The molecule has 0 aliphatic heterocycles. The molecule has 23 heavy (non-hydrogen) atoms. The van der Waals surface area contributed by atoms with Crippen molar-refractivity contribution in [3.05, 3.63) is 55.1 Å². The second-order valence-electron chi connectivity index (χ2n) is 5.97. The van der Waals surface area contributed by atoms with Crippen LogP contribution < -0.4 is 5.43 Å². The molecule has 0 aliphatic carbocycles. The molecule has 0 amide bonds. The lowest BCUT2D eigenvalue weighted by molar-refractivity contribution is 0.587. The van der Waals surface area contributed by atoms with Gasteiger partial charge in [0.05, 0.1) is 16.3 Å². The van der Waals surface area contributed by atoms with Crippen molar-refractivity contribution in [3.8, 4) is 0 Å². The largest absolute Gasteiger partial charge is 0.260 e. The summed E-state index contributed by atoms with van der Waals surface area (Å²) in [5.41, 5.74) is 4.54. The second kappa shape index (κ2) is 7.39. The molecular weight excluding hydrogens is 420 g/mol. The quantitative estimate of drug-likeness (QED) is 0.337. The average molecular weight is 436 g/mol. The monoisotopic (exact) mass is 433 g/mol. The highest BCUT2D eigenvalue weighted by Gasteiger charge is 2.15. The number of hydrogen-bond acceptors (Lipinski definition) is 3. The van der Waals surface area contributed by atoms with Crippen LogP contribution >= 0.6 is 50.7 Å². The third-order valence-electron chi connectivity index (χ3n) is 3.10. The number of hydrazone groups is 1. The van der Waals surface area contributed by atoms with Crippen LogP contribution in [0, 0.1) is 0 Å². The molecular formula is C16H15BrCl3N3. The minimum absolute atomic E-state index is 0.0149. The van der Waals surface area contributed by atoms with Gasteiger partial charge < -0.3 is 0 Å². The van der Waals surface area contributed by atoms with Crippen molar-refractivity contribution >= 4 is 62.8 Å². The molecule has 1 N–H and O–H groups in total. The number of halogens is 4. The Bertz CT molecular complexity index is 755. The van der Waals surface area contributed by atoms with E-state index in [1.165, 1.54) is 0 Å². The van der Waals surface area contributed by atoms with Gasteiger partial charge in [-0.3, -0.25) is 5.43 Å². The molecule has 122 valence electrons. The Morgan fingerprint density at radius 1 is 1.17 bits per heavy atom. The van der Waals surface area contributed by atoms with Crippen LogP contribution in [-0.2, 0) is 5.41 Å². The number of nitrogens with one attached hydrogen (secondary N) is 1. The maximum atomic E-state index is 6.25. The number of nitrogens with zero attached hydrogens (tertiary/aromatic N) is 2. The Balaban J connectivity index is 2.18. The summed E-state index contributed by atoms with van der Waals surface area (Å²) < 4.78 is 0.707. The standard InChI is InChI=1S/C16H15BrCl3N3/c1-16(2,3)10-5-13(19)15(21-8-10)23-22-7-9-4-11(18)6-12(17)14(9)20/h4-8H,1-3H3,(H,21,23)/b22-7+. The maximum absolute atomic E-state index is 6.25.